The maximum atomic E-state index is 10.8. The Bertz CT molecular complexity index is 429. The summed E-state index contributed by atoms with van der Waals surface area (Å²) in [5, 5.41) is 12.5. The lowest BCUT2D eigenvalue weighted by molar-refractivity contribution is -0.138. The van der Waals surface area contributed by atoms with E-state index in [1.54, 1.807) is 11.8 Å². The Morgan fingerprint density at radius 3 is 2.94 bits per heavy atom. The molecule has 0 aromatic heterocycles. The molecule has 3 nitrogen and oxygen atoms in total. The van der Waals surface area contributed by atoms with E-state index < -0.39 is 12.0 Å². The lowest BCUT2D eigenvalue weighted by Gasteiger charge is -2.13. The second-order valence-electron chi connectivity index (χ2n) is 3.44. The maximum Gasteiger partial charge on any atom is 0.321 e. The number of halogens is 2. The number of carbonyl (C=O) groups is 1. The molecule has 1 saturated heterocycles. The van der Waals surface area contributed by atoms with E-state index in [1.807, 2.05) is 18.2 Å². The van der Waals surface area contributed by atoms with Crippen LogP contribution in [0.3, 0.4) is 0 Å². The van der Waals surface area contributed by atoms with Gasteiger partial charge in [-0.3, -0.25) is 10.1 Å². The van der Waals surface area contributed by atoms with Crippen LogP contribution in [0.1, 0.15) is 10.9 Å². The fourth-order valence-electron chi connectivity index (χ4n) is 1.51. The van der Waals surface area contributed by atoms with E-state index in [1.165, 1.54) is 0 Å². The van der Waals surface area contributed by atoms with Crippen LogP contribution in [0.15, 0.2) is 22.7 Å². The molecule has 0 amide bonds. The van der Waals surface area contributed by atoms with Crippen LogP contribution in [0.5, 0.6) is 0 Å². The quantitative estimate of drug-likeness (QED) is 0.879. The van der Waals surface area contributed by atoms with Crippen molar-refractivity contribution in [1.82, 2.24) is 5.32 Å². The van der Waals surface area contributed by atoms with Gasteiger partial charge in [-0.2, -0.15) is 0 Å². The van der Waals surface area contributed by atoms with E-state index >= 15 is 0 Å². The minimum Gasteiger partial charge on any atom is -0.480 e. The molecule has 2 atom stereocenters. The van der Waals surface area contributed by atoms with E-state index in [4.69, 9.17) is 16.7 Å². The van der Waals surface area contributed by atoms with E-state index in [-0.39, 0.29) is 5.37 Å². The highest BCUT2D eigenvalue weighted by Crippen LogP contribution is 2.37. The summed E-state index contributed by atoms with van der Waals surface area (Å²) in [5.74, 6) is -0.255. The number of thioether (sulfide) groups is 1. The van der Waals surface area contributed by atoms with Crippen molar-refractivity contribution in [3.05, 3.63) is 33.3 Å². The topological polar surface area (TPSA) is 49.3 Å². The molecule has 86 valence electrons. The van der Waals surface area contributed by atoms with Gasteiger partial charge in [0.05, 0.1) is 5.37 Å². The van der Waals surface area contributed by atoms with Crippen LogP contribution in [0.25, 0.3) is 0 Å². The summed E-state index contributed by atoms with van der Waals surface area (Å²) >= 11 is 11.0. The number of carboxylic acid groups (broad SMARTS) is 1. The second kappa shape index (κ2) is 4.96. The van der Waals surface area contributed by atoms with E-state index in [0.29, 0.717) is 10.8 Å². The second-order valence-corrected chi connectivity index (χ2v) is 5.90. The molecule has 0 spiro atoms. The van der Waals surface area contributed by atoms with Gasteiger partial charge in [-0.25, -0.2) is 0 Å². The third-order valence-electron chi connectivity index (χ3n) is 2.33. The summed E-state index contributed by atoms with van der Waals surface area (Å²) in [5.41, 5.74) is 0.929. The Kier molecular flexibility index (Phi) is 3.79. The Labute approximate surface area is 111 Å². The zero-order valence-corrected chi connectivity index (χ0v) is 11.3. The number of aliphatic carboxylic acids is 1. The molecular weight excluding hydrogens is 314 g/mol. The average Bonchev–Trinajstić information content (AvgIpc) is 2.66. The van der Waals surface area contributed by atoms with Crippen molar-refractivity contribution in [2.45, 2.75) is 11.4 Å². The minimum atomic E-state index is -0.816. The first-order chi connectivity index (χ1) is 7.58. The van der Waals surface area contributed by atoms with Crippen molar-refractivity contribution >= 4 is 45.3 Å². The van der Waals surface area contributed by atoms with Crippen molar-refractivity contribution in [2.24, 2.45) is 0 Å². The number of benzene rings is 1. The number of carboxylic acids is 1. The van der Waals surface area contributed by atoms with Crippen molar-refractivity contribution in [1.29, 1.82) is 0 Å². The highest BCUT2D eigenvalue weighted by atomic mass is 79.9. The van der Waals surface area contributed by atoms with Crippen LogP contribution >= 0.6 is 39.3 Å². The summed E-state index contributed by atoms with van der Waals surface area (Å²) in [6, 6.07) is 5.13. The van der Waals surface area contributed by atoms with Crippen LogP contribution < -0.4 is 5.32 Å². The Balaban J connectivity index is 2.17. The zero-order chi connectivity index (χ0) is 11.7. The smallest absolute Gasteiger partial charge is 0.321 e. The first kappa shape index (κ1) is 12.2. The molecule has 0 saturated carbocycles. The summed E-state index contributed by atoms with van der Waals surface area (Å²) in [7, 11) is 0. The Hall–Kier alpha value is -0.230. The maximum absolute atomic E-state index is 10.8. The number of hydrogen-bond acceptors (Lipinski definition) is 3. The Morgan fingerprint density at radius 2 is 2.38 bits per heavy atom. The zero-order valence-electron chi connectivity index (χ0n) is 8.11. The molecule has 2 rings (SSSR count). The molecule has 1 aromatic rings. The van der Waals surface area contributed by atoms with E-state index in [2.05, 4.69) is 21.2 Å². The third-order valence-corrected chi connectivity index (χ3v) is 4.39. The predicted octanol–water partition coefficient (Wildman–Crippen LogP) is 2.89. The summed E-state index contributed by atoms with van der Waals surface area (Å²) in [4.78, 5) is 10.8. The van der Waals surface area contributed by atoms with Crippen molar-refractivity contribution < 1.29 is 9.90 Å². The van der Waals surface area contributed by atoms with Gasteiger partial charge in [-0.05, 0) is 17.7 Å². The van der Waals surface area contributed by atoms with Crippen LogP contribution in [-0.4, -0.2) is 22.9 Å². The molecule has 16 heavy (non-hydrogen) atoms. The molecule has 1 heterocycles. The van der Waals surface area contributed by atoms with E-state index in [9.17, 15) is 4.79 Å². The molecule has 1 aromatic carbocycles. The molecule has 1 unspecified atom stereocenters. The molecule has 1 aliphatic rings. The average molecular weight is 323 g/mol. The van der Waals surface area contributed by atoms with Gasteiger partial charge in [0, 0.05) is 15.2 Å². The molecule has 1 aliphatic heterocycles. The fraction of sp³-hybridized carbons (Fsp3) is 0.300. The van der Waals surface area contributed by atoms with Crippen LogP contribution in [-0.2, 0) is 4.79 Å². The normalized spacial score (nSPS) is 24.6. The molecule has 6 heteroatoms. The first-order valence-electron chi connectivity index (χ1n) is 4.63. The summed E-state index contributed by atoms with van der Waals surface area (Å²) in [6.07, 6.45) is 0. The van der Waals surface area contributed by atoms with Crippen molar-refractivity contribution in [3.63, 3.8) is 0 Å². The SMILES string of the molecule is O=C(O)[C@@H]1CSC(c2ccc(Br)cc2Cl)N1. The van der Waals surface area contributed by atoms with Crippen LogP contribution in [0.4, 0.5) is 0 Å². The molecule has 0 radical (unpaired) electrons. The van der Waals surface area contributed by atoms with E-state index in [0.717, 1.165) is 10.0 Å². The molecule has 0 aliphatic carbocycles. The van der Waals surface area contributed by atoms with Gasteiger partial charge < -0.3 is 5.11 Å². The van der Waals surface area contributed by atoms with Gasteiger partial charge in [0.1, 0.15) is 6.04 Å². The van der Waals surface area contributed by atoms with Crippen molar-refractivity contribution in [2.75, 3.05) is 5.75 Å². The minimum absolute atomic E-state index is 0.0401. The molecule has 0 bridgehead atoms. The van der Waals surface area contributed by atoms with Crippen LogP contribution in [0, 0.1) is 0 Å². The van der Waals surface area contributed by atoms with Gasteiger partial charge >= 0.3 is 5.97 Å². The van der Waals surface area contributed by atoms with Crippen LogP contribution in [0.2, 0.25) is 5.02 Å². The lowest BCUT2D eigenvalue weighted by Crippen LogP contribution is -2.33. The highest BCUT2D eigenvalue weighted by Gasteiger charge is 2.31. The largest absolute Gasteiger partial charge is 0.480 e. The monoisotopic (exact) mass is 321 g/mol. The van der Waals surface area contributed by atoms with Gasteiger partial charge in [0.25, 0.3) is 0 Å². The highest BCUT2D eigenvalue weighted by molar-refractivity contribution is 9.10. The number of nitrogens with one attached hydrogen (secondary N) is 1. The summed E-state index contributed by atoms with van der Waals surface area (Å²) in [6.45, 7) is 0. The lowest BCUT2D eigenvalue weighted by atomic mass is 10.2. The Morgan fingerprint density at radius 1 is 1.62 bits per heavy atom. The van der Waals surface area contributed by atoms with Crippen molar-refractivity contribution in [3.8, 4) is 0 Å². The van der Waals surface area contributed by atoms with Gasteiger partial charge in [-0.15, -0.1) is 11.8 Å². The van der Waals surface area contributed by atoms with Gasteiger partial charge in [-0.1, -0.05) is 33.6 Å². The standard InChI is InChI=1S/C10H9BrClNO2S/c11-5-1-2-6(7(12)3-5)9-13-8(4-16-9)10(14)15/h1-3,8-9,13H,4H2,(H,14,15)/t8-,9?/m0/s1. The third kappa shape index (κ3) is 2.53. The van der Waals surface area contributed by atoms with Gasteiger partial charge in [0.15, 0.2) is 0 Å². The molecular formula is C10H9BrClNO2S. The number of rotatable bonds is 2. The number of hydrogen-bond donors (Lipinski definition) is 2. The molecule has 1 fully saturated rings. The molecule has 2 N–H and O–H groups in total. The first-order valence-corrected chi connectivity index (χ1v) is 6.85. The predicted molar refractivity (Wildman–Crippen MR) is 68.9 cm³/mol. The van der Waals surface area contributed by atoms with Gasteiger partial charge in [0.2, 0.25) is 0 Å². The fourth-order valence-corrected chi connectivity index (χ4v) is 3.62. The summed E-state index contributed by atoms with van der Waals surface area (Å²) < 4.78 is 0.916.